The Morgan fingerprint density at radius 1 is 0.812 bits per heavy atom. The Kier molecular flexibility index (Phi) is 2.93. The van der Waals surface area contributed by atoms with E-state index < -0.39 is 0 Å². The van der Waals surface area contributed by atoms with Crippen LogP contribution in [0.1, 0.15) is 22.7 Å². The van der Waals surface area contributed by atoms with Crippen molar-refractivity contribution in [1.82, 2.24) is 0 Å². The van der Waals surface area contributed by atoms with Crippen LogP contribution < -0.4 is 11.5 Å². The second-order valence-electron chi connectivity index (χ2n) is 4.06. The van der Waals surface area contributed by atoms with Gasteiger partial charge in [-0.25, -0.2) is 0 Å². The van der Waals surface area contributed by atoms with Gasteiger partial charge in [0.15, 0.2) is 0 Å². The summed E-state index contributed by atoms with van der Waals surface area (Å²) in [7, 11) is 0. The average molecular weight is 212 g/mol. The Morgan fingerprint density at radius 3 is 1.75 bits per heavy atom. The minimum Gasteiger partial charge on any atom is -0.399 e. The van der Waals surface area contributed by atoms with Crippen molar-refractivity contribution in [3.8, 4) is 0 Å². The molecule has 0 radical (unpaired) electrons. The first-order valence-electron chi connectivity index (χ1n) is 5.34. The fourth-order valence-electron chi connectivity index (χ4n) is 1.67. The van der Waals surface area contributed by atoms with Crippen LogP contribution >= 0.6 is 0 Å². The van der Waals surface area contributed by atoms with Crippen LogP contribution in [0.5, 0.6) is 0 Å². The molecular formula is C14H16N2. The lowest BCUT2D eigenvalue weighted by Crippen LogP contribution is -2.11. The molecule has 0 bridgehead atoms. The molecule has 0 aliphatic carbocycles. The minimum atomic E-state index is -0.0822. The maximum absolute atomic E-state index is 6.18. The Balaban J connectivity index is 2.28. The summed E-state index contributed by atoms with van der Waals surface area (Å²) in [6.45, 7) is 2.07. The quantitative estimate of drug-likeness (QED) is 0.752. The van der Waals surface area contributed by atoms with E-state index in [4.69, 9.17) is 11.5 Å². The van der Waals surface area contributed by atoms with Gasteiger partial charge in [-0.2, -0.15) is 0 Å². The van der Waals surface area contributed by atoms with Gasteiger partial charge in [0, 0.05) is 5.69 Å². The zero-order valence-corrected chi connectivity index (χ0v) is 9.35. The van der Waals surface area contributed by atoms with Gasteiger partial charge >= 0.3 is 0 Å². The molecular weight excluding hydrogens is 196 g/mol. The molecule has 2 aromatic rings. The van der Waals surface area contributed by atoms with Crippen LogP contribution in [0.4, 0.5) is 5.69 Å². The third-order valence-electron chi connectivity index (χ3n) is 2.73. The standard InChI is InChI=1S/C14H16N2/c1-10-2-4-11(5-3-10)14(16)12-6-8-13(15)9-7-12/h2-9,14H,15-16H2,1H3. The highest BCUT2D eigenvalue weighted by atomic mass is 14.6. The first kappa shape index (κ1) is 10.7. The minimum absolute atomic E-state index is 0.0822. The summed E-state index contributed by atoms with van der Waals surface area (Å²) in [6, 6.07) is 15.9. The summed E-state index contributed by atoms with van der Waals surface area (Å²) in [5.41, 5.74) is 16.0. The fourth-order valence-corrected chi connectivity index (χ4v) is 1.67. The molecule has 82 valence electrons. The zero-order chi connectivity index (χ0) is 11.5. The van der Waals surface area contributed by atoms with Crippen molar-refractivity contribution in [2.45, 2.75) is 13.0 Å². The molecule has 2 nitrogen and oxygen atoms in total. The average Bonchev–Trinajstić information content (AvgIpc) is 2.30. The molecule has 1 unspecified atom stereocenters. The van der Waals surface area contributed by atoms with E-state index in [1.807, 2.05) is 24.3 Å². The van der Waals surface area contributed by atoms with Crippen molar-refractivity contribution in [1.29, 1.82) is 0 Å². The van der Waals surface area contributed by atoms with E-state index in [1.165, 1.54) is 5.56 Å². The Hall–Kier alpha value is -1.80. The van der Waals surface area contributed by atoms with E-state index in [9.17, 15) is 0 Å². The SMILES string of the molecule is Cc1ccc(C(N)c2ccc(N)cc2)cc1. The molecule has 2 heteroatoms. The number of nitrogens with two attached hydrogens (primary N) is 2. The predicted octanol–water partition coefficient (Wildman–Crippen LogP) is 2.63. The van der Waals surface area contributed by atoms with Gasteiger partial charge in [-0.05, 0) is 30.2 Å². The van der Waals surface area contributed by atoms with Crippen LogP contribution in [0.2, 0.25) is 0 Å². The molecule has 0 heterocycles. The molecule has 4 N–H and O–H groups in total. The van der Waals surface area contributed by atoms with Crippen molar-refractivity contribution in [3.63, 3.8) is 0 Å². The van der Waals surface area contributed by atoms with E-state index in [2.05, 4.69) is 31.2 Å². The van der Waals surface area contributed by atoms with Crippen molar-refractivity contribution >= 4 is 5.69 Å². The zero-order valence-electron chi connectivity index (χ0n) is 9.35. The second-order valence-corrected chi connectivity index (χ2v) is 4.06. The van der Waals surface area contributed by atoms with Gasteiger partial charge < -0.3 is 11.5 Å². The maximum atomic E-state index is 6.18. The lowest BCUT2D eigenvalue weighted by atomic mass is 9.99. The summed E-state index contributed by atoms with van der Waals surface area (Å²) in [4.78, 5) is 0. The summed E-state index contributed by atoms with van der Waals surface area (Å²) >= 11 is 0. The normalized spacial score (nSPS) is 12.4. The van der Waals surface area contributed by atoms with E-state index in [1.54, 1.807) is 0 Å². The predicted molar refractivity (Wildman–Crippen MR) is 68.1 cm³/mol. The molecule has 0 aromatic heterocycles. The number of hydrogen-bond donors (Lipinski definition) is 2. The van der Waals surface area contributed by atoms with Gasteiger partial charge in [0.2, 0.25) is 0 Å². The summed E-state index contributed by atoms with van der Waals surface area (Å²) in [6.07, 6.45) is 0. The molecule has 0 aliphatic rings. The number of aryl methyl sites for hydroxylation is 1. The van der Waals surface area contributed by atoms with Gasteiger partial charge in [-0.15, -0.1) is 0 Å². The first-order valence-corrected chi connectivity index (χ1v) is 5.34. The highest BCUT2D eigenvalue weighted by molar-refractivity contribution is 5.42. The van der Waals surface area contributed by atoms with Crippen LogP contribution in [0.15, 0.2) is 48.5 Å². The van der Waals surface area contributed by atoms with Gasteiger partial charge in [-0.3, -0.25) is 0 Å². The van der Waals surface area contributed by atoms with E-state index >= 15 is 0 Å². The van der Waals surface area contributed by atoms with Gasteiger partial charge in [0.05, 0.1) is 6.04 Å². The highest BCUT2D eigenvalue weighted by Crippen LogP contribution is 2.20. The number of rotatable bonds is 2. The van der Waals surface area contributed by atoms with Gasteiger partial charge in [0.25, 0.3) is 0 Å². The van der Waals surface area contributed by atoms with Crippen LogP contribution in [0.3, 0.4) is 0 Å². The molecule has 0 amide bonds. The smallest absolute Gasteiger partial charge is 0.0551 e. The molecule has 0 saturated carbocycles. The molecule has 0 spiro atoms. The first-order chi connectivity index (χ1) is 7.66. The summed E-state index contributed by atoms with van der Waals surface area (Å²) in [5.74, 6) is 0. The third kappa shape index (κ3) is 2.23. The topological polar surface area (TPSA) is 52.0 Å². The molecule has 0 aliphatic heterocycles. The van der Waals surface area contributed by atoms with E-state index in [0.29, 0.717) is 0 Å². The fraction of sp³-hybridized carbons (Fsp3) is 0.143. The van der Waals surface area contributed by atoms with E-state index in [0.717, 1.165) is 16.8 Å². The molecule has 2 aromatic carbocycles. The van der Waals surface area contributed by atoms with Crippen LogP contribution in [-0.2, 0) is 0 Å². The summed E-state index contributed by atoms with van der Waals surface area (Å²) in [5, 5.41) is 0. The lowest BCUT2D eigenvalue weighted by molar-refractivity contribution is 0.871. The van der Waals surface area contributed by atoms with Gasteiger partial charge in [-0.1, -0.05) is 42.0 Å². The Bertz CT molecular complexity index is 412. The number of nitrogen functional groups attached to an aromatic ring is 1. The Labute approximate surface area is 95.9 Å². The van der Waals surface area contributed by atoms with Gasteiger partial charge in [0.1, 0.15) is 0 Å². The number of hydrogen-bond acceptors (Lipinski definition) is 2. The van der Waals surface area contributed by atoms with E-state index in [-0.39, 0.29) is 6.04 Å². The molecule has 0 saturated heterocycles. The van der Waals surface area contributed by atoms with Crippen molar-refractivity contribution in [2.24, 2.45) is 5.73 Å². The van der Waals surface area contributed by atoms with Crippen LogP contribution in [0, 0.1) is 6.92 Å². The van der Waals surface area contributed by atoms with Crippen molar-refractivity contribution in [3.05, 3.63) is 65.2 Å². The molecule has 16 heavy (non-hydrogen) atoms. The number of anilines is 1. The molecule has 1 atom stereocenters. The second kappa shape index (κ2) is 4.37. The molecule has 2 rings (SSSR count). The number of benzene rings is 2. The lowest BCUT2D eigenvalue weighted by Gasteiger charge is -2.12. The monoisotopic (exact) mass is 212 g/mol. The third-order valence-corrected chi connectivity index (χ3v) is 2.73. The largest absolute Gasteiger partial charge is 0.399 e. The van der Waals surface area contributed by atoms with Crippen molar-refractivity contribution < 1.29 is 0 Å². The van der Waals surface area contributed by atoms with Crippen LogP contribution in [-0.4, -0.2) is 0 Å². The maximum Gasteiger partial charge on any atom is 0.0551 e. The van der Waals surface area contributed by atoms with Crippen molar-refractivity contribution in [2.75, 3.05) is 5.73 Å². The highest BCUT2D eigenvalue weighted by Gasteiger charge is 2.07. The molecule has 0 fully saturated rings. The summed E-state index contributed by atoms with van der Waals surface area (Å²) < 4.78 is 0. The van der Waals surface area contributed by atoms with Crippen LogP contribution in [0.25, 0.3) is 0 Å². The Morgan fingerprint density at radius 2 is 1.25 bits per heavy atom.